The lowest BCUT2D eigenvalue weighted by Gasteiger charge is -2.26. The minimum Gasteiger partial charge on any atom is -0.394 e. The lowest BCUT2D eigenvalue weighted by molar-refractivity contribution is -0.124. The van der Waals surface area contributed by atoms with Gasteiger partial charge < -0.3 is 20.6 Å². The molecule has 278 valence electrons. The Labute approximate surface area is 292 Å². The number of rotatable bonds is 37. The van der Waals surface area contributed by atoms with Crippen LogP contribution >= 0.6 is 0 Å². The van der Waals surface area contributed by atoms with Crippen LogP contribution in [0.25, 0.3) is 0 Å². The summed E-state index contributed by atoms with van der Waals surface area (Å²) >= 11 is 0. The molecular weight excluding hydrogens is 582 g/mol. The average molecular weight is 664 g/mol. The Morgan fingerprint density at radius 1 is 0.511 bits per heavy atom. The van der Waals surface area contributed by atoms with Crippen LogP contribution in [0.5, 0.6) is 0 Å². The molecule has 0 spiro atoms. The normalized spacial score (nSPS) is 13.9. The molecule has 0 saturated carbocycles. The maximum absolute atomic E-state index is 12.3. The molecular formula is C42H81NO4. The number of allylic oxidation sites excluding steroid dienone is 4. The molecule has 0 aliphatic heterocycles. The molecule has 5 nitrogen and oxygen atoms in total. The Balaban J connectivity index is 3.61. The van der Waals surface area contributed by atoms with Crippen LogP contribution in [0.4, 0.5) is 0 Å². The fourth-order valence-corrected chi connectivity index (χ4v) is 6.28. The molecule has 3 unspecified atom stereocenters. The second-order valence-electron chi connectivity index (χ2n) is 14.2. The Kier molecular flexibility index (Phi) is 36.7. The Hall–Kier alpha value is -1.17. The lowest BCUT2D eigenvalue weighted by atomic mass is 10.0. The van der Waals surface area contributed by atoms with Crippen molar-refractivity contribution in [2.24, 2.45) is 0 Å². The van der Waals surface area contributed by atoms with Gasteiger partial charge in [-0.1, -0.05) is 173 Å². The number of aliphatic hydroxyl groups excluding tert-OH is 3. The highest BCUT2D eigenvalue weighted by Crippen LogP contribution is 2.15. The summed E-state index contributed by atoms with van der Waals surface area (Å²) in [5.41, 5.74) is 0. The highest BCUT2D eigenvalue weighted by molar-refractivity contribution is 5.76. The number of carbonyl (C=O) groups excluding carboxylic acids is 1. The minimum absolute atomic E-state index is 0.190. The highest BCUT2D eigenvalue weighted by atomic mass is 16.3. The van der Waals surface area contributed by atoms with Crippen molar-refractivity contribution in [1.82, 2.24) is 5.32 Å². The van der Waals surface area contributed by atoms with Crippen LogP contribution in [0.3, 0.4) is 0 Å². The van der Waals surface area contributed by atoms with E-state index < -0.39 is 18.2 Å². The minimum atomic E-state index is -1.17. The molecule has 3 atom stereocenters. The van der Waals surface area contributed by atoms with Crippen molar-refractivity contribution in [3.63, 3.8) is 0 Å². The molecule has 4 N–H and O–H groups in total. The third-order valence-corrected chi connectivity index (χ3v) is 9.53. The van der Waals surface area contributed by atoms with Gasteiger partial charge in [0, 0.05) is 6.42 Å². The van der Waals surface area contributed by atoms with Gasteiger partial charge in [0.2, 0.25) is 5.91 Å². The first-order valence-corrected chi connectivity index (χ1v) is 20.6. The van der Waals surface area contributed by atoms with Crippen molar-refractivity contribution in [3.8, 4) is 0 Å². The van der Waals surface area contributed by atoms with E-state index in [1.807, 2.05) is 0 Å². The van der Waals surface area contributed by atoms with Crippen LogP contribution < -0.4 is 5.32 Å². The monoisotopic (exact) mass is 664 g/mol. The number of hydrogen-bond donors (Lipinski definition) is 4. The molecule has 0 heterocycles. The van der Waals surface area contributed by atoms with Crippen LogP contribution in [0.1, 0.15) is 213 Å². The van der Waals surface area contributed by atoms with Gasteiger partial charge in [0.05, 0.1) is 18.8 Å². The summed E-state index contributed by atoms with van der Waals surface area (Å²) in [4.78, 5) is 12.3. The van der Waals surface area contributed by atoms with Gasteiger partial charge in [-0.15, -0.1) is 0 Å². The van der Waals surface area contributed by atoms with E-state index in [1.165, 1.54) is 148 Å². The molecule has 0 aromatic rings. The van der Waals surface area contributed by atoms with Crippen LogP contribution in [0, 0.1) is 0 Å². The standard InChI is InChI=1S/C42H81NO4/c1-3-5-7-9-11-13-14-15-16-17-18-19-20-21-22-23-24-25-26-27-29-30-32-34-36-40(45)42(47)39(38-44)43-41(46)37-35-33-31-28-12-10-8-6-4-2/h28-31,39-40,42,44-45,47H,3-27,32-38H2,1-2H3,(H,43,46)/b30-29+,31-28-. The van der Waals surface area contributed by atoms with Gasteiger partial charge in [0.15, 0.2) is 0 Å². The summed E-state index contributed by atoms with van der Waals surface area (Å²) < 4.78 is 0. The first kappa shape index (κ1) is 45.8. The van der Waals surface area contributed by atoms with Gasteiger partial charge in [-0.2, -0.15) is 0 Å². The zero-order valence-electron chi connectivity index (χ0n) is 31.4. The van der Waals surface area contributed by atoms with Crippen molar-refractivity contribution in [1.29, 1.82) is 0 Å². The molecule has 1 amide bonds. The molecule has 0 aliphatic carbocycles. The van der Waals surface area contributed by atoms with E-state index in [9.17, 15) is 20.1 Å². The van der Waals surface area contributed by atoms with Crippen molar-refractivity contribution in [2.75, 3.05) is 6.61 Å². The fourth-order valence-electron chi connectivity index (χ4n) is 6.28. The summed E-state index contributed by atoms with van der Waals surface area (Å²) in [6, 6.07) is -0.837. The molecule has 0 radical (unpaired) electrons. The molecule has 0 aliphatic rings. The van der Waals surface area contributed by atoms with Gasteiger partial charge in [-0.25, -0.2) is 0 Å². The Morgan fingerprint density at radius 2 is 0.851 bits per heavy atom. The summed E-state index contributed by atoms with van der Waals surface area (Å²) in [7, 11) is 0. The van der Waals surface area contributed by atoms with E-state index in [4.69, 9.17) is 0 Å². The smallest absolute Gasteiger partial charge is 0.220 e. The summed E-state index contributed by atoms with van der Waals surface area (Å²) in [6.07, 6.45) is 44.5. The van der Waals surface area contributed by atoms with E-state index in [2.05, 4.69) is 43.5 Å². The summed E-state index contributed by atoms with van der Waals surface area (Å²) in [5, 5.41) is 33.3. The van der Waals surface area contributed by atoms with Gasteiger partial charge in [-0.05, 0) is 57.8 Å². The summed E-state index contributed by atoms with van der Waals surface area (Å²) in [6.45, 7) is 4.11. The van der Waals surface area contributed by atoms with Gasteiger partial charge in [0.25, 0.3) is 0 Å². The molecule has 0 rings (SSSR count). The van der Waals surface area contributed by atoms with Gasteiger partial charge in [-0.3, -0.25) is 4.79 Å². The predicted octanol–water partition coefficient (Wildman–Crippen LogP) is 11.4. The number of unbranched alkanes of at least 4 members (excludes halogenated alkanes) is 25. The van der Waals surface area contributed by atoms with Crippen molar-refractivity contribution in [3.05, 3.63) is 24.3 Å². The third kappa shape index (κ3) is 33.1. The number of nitrogens with one attached hydrogen (secondary N) is 1. The number of amides is 1. The van der Waals surface area contributed by atoms with E-state index in [-0.39, 0.29) is 12.5 Å². The van der Waals surface area contributed by atoms with Crippen molar-refractivity contribution >= 4 is 5.91 Å². The van der Waals surface area contributed by atoms with Crippen LogP contribution in [0.2, 0.25) is 0 Å². The van der Waals surface area contributed by atoms with E-state index in [1.54, 1.807) is 0 Å². The second kappa shape index (κ2) is 37.6. The number of carbonyl (C=O) groups is 1. The molecule has 0 fully saturated rings. The highest BCUT2D eigenvalue weighted by Gasteiger charge is 2.26. The van der Waals surface area contributed by atoms with E-state index >= 15 is 0 Å². The topological polar surface area (TPSA) is 89.8 Å². The second-order valence-corrected chi connectivity index (χ2v) is 14.2. The van der Waals surface area contributed by atoms with Gasteiger partial charge >= 0.3 is 0 Å². The number of hydrogen-bond acceptors (Lipinski definition) is 4. The summed E-state index contributed by atoms with van der Waals surface area (Å²) in [5.74, 6) is -0.190. The zero-order chi connectivity index (χ0) is 34.5. The third-order valence-electron chi connectivity index (χ3n) is 9.53. The fraction of sp³-hybridized carbons (Fsp3) is 0.881. The van der Waals surface area contributed by atoms with Crippen LogP contribution in [0.15, 0.2) is 24.3 Å². The molecule has 0 aromatic carbocycles. The van der Waals surface area contributed by atoms with Crippen LogP contribution in [-0.4, -0.2) is 46.1 Å². The SMILES string of the molecule is CCCCCC/C=C\CCCC(=O)NC(CO)C(O)C(O)CCC/C=C/CCCCCCCCCCCCCCCCCCCCC. The lowest BCUT2D eigenvalue weighted by Crippen LogP contribution is -2.50. The Morgan fingerprint density at radius 3 is 1.26 bits per heavy atom. The predicted molar refractivity (Wildman–Crippen MR) is 204 cm³/mol. The quantitative estimate of drug-likeness (QED) is 0.0393. The molecule has 5 heteroatoms. The molecule has 0 aromatic heterocycles. The van der Waals surface area contributed by atoms with Crippen molar-refractivity contribution < 1.29 is 20.1 Å². The molecule has 0 saturated heterocycles. The maximum Gasteiger partial charge on any atom is 0.220 e. The van der Waals surface area contributed by atoms with E-state index in [0.717, 1.165) is 38.5 Å². The Bertz CT molecular complexity index is 694. The first-order valence-electron chi connectivity index (χ1n) is 20.6. The molecule has 0 bridgehead atoms. The van der Waals surface area contributed by atoms with Gasteiger partial charge in [0.1, 0.15) is 6.10 Å². The van der Waals surface area contributed by atoms with Crippen molar-refractivity contribution in [2.45, 2.75) is 231 Å². The van der Waals surface area contributed by atoms with E-state index in [0.29, 0.717) is 12.8 Å². The molecule has 47 heavy (non-hydrogen) atoms. The maximum atomic E-state index is 12.3. The first-order chi connectivity index (χ1) is 23.1. The zero-order valence-corrected chi connectivity index (χ0v) is 31.4. The largest absolute Gasteiger partial charge is 0.394 e. The van der Waals surface area contributed by atoms with Crippen LogP contribution in [-0.2, 0) is 4.79 Å². The number of aliphatic hydroxyl groups is 3. The average Bonchev–Trinajstić information content (AvgIpc) is 3.07.